The molecule has 3 rings (SSSR count). The third kappa shape index (κ3) is 6.37. The average molecular weight is 456 g/mol. The standard InChI is InChI=1S/C25H33N3O5/c1-17-14-19(23(29)31-6)10-11-20(17)16-32-22-9-7-8-21(26-22)27-12-13-28(18(2)15-27)24(30)33-25(3,4)5/h7-11,14,18H,12-13,15-16H2,1-6H3/t18-/m0/s1. The van der Waals surface area contributed by atoms with Crippen LogP contribution < -0.4 is 9.64 Å². The summed E-state index contributed by atoms with van der Waals surface area (Å²) >= 11 is 0. The van der Waals surface area contributed by atoms with Crippen molar-refractivity contribution in [2.24, 2.45) is 0 Å². The van der Waals surface area contributed by atoms with Crippen molar-refractivity contribution in [3.8, 4) is 5.88 Å². The number of esters is 1. The molecule has 0 bridgehead atoms. The fourth-order valence-corrected chi connectivity index (χ4v) is 3.67. The van der Waals surface area contributed by atoms with Crippen LogP contribution in [0.2, 0.25) is 0 Å². The Balaban J connectivity index is 1.61. The van der Waals surface area contributed by atoms with Crippen LogP contribution in [0.4, 0.5) is 10.6 Å². The maximum atomic E-state index is 12.5. The number of pyridine rings is 1. The van der Waals surface area contributed by atoms with Crippen molar-refractivity contribution in [2.75, 3.05) is 31.6 Å². The van der Waals surface area contributed by atoms with Crippen LogP contribution in [0.1, 0.15) is 49.2 Å². The lowest BCUT2D eigenvalue weighted by molar-refractivity contribution is 0.0158. The Morgan fingerprint density at radius 2 is 1.91 bits per heavy atom. The molecule has 0 spiro atoms. The molecule has 8 heteroatoms. The van der Waals surface area contributed by atoms with Crippen molar-refractivity contribution in [3.63, 3.8) is 0 Å². The first-order chi connectivity index (χ1) is 15.6. The summed E-state index contributed by atoms with van der Waals surface area (Å²) in [5.74, 6) is 0.966. The Hall–Kier alpha value is -3.29. The Bertz CT molecular complexity index is 1000. The maximum Gasteiger partial charge on any atom is 0.410 e. The van der Waals surface area contributed by atoms with E-state index in [-0.39, 0.29) is 18.1 Å². The van der Waals surface area contributed by atoms with E-state index < -0.39 is 5.60 Å². The fourth-order valence-electron chi connectivity index (χ4n) is 3.67. The van der Waals surface area contributed by atoms with E-state index in [2.05, 4.69) is 9.88 Å². The van der Waals surface area contributed by atoms with Gasteiger partial charge in [-0.2, -0.15) is 4.98 Å². The molecule has 0 N–H and O–H groups in total. The van der Waals surface area contributed by atoms with Gasteiger partial charge in [-0.15, -0.1) is 0 Å². The Kier molecular flexibility index (Phi) is 7.46. The SMILES string of the molecule is COC(=O)c1ccc(COc2cccc(N3CCN(C(=O)OC(C)(C)C)[C@@H](C)C3)n2)c(C)c1. The summed E-state index contributed by atoms with van der Waals surface area (Å²) in [5, 5.41) is 0. The lowest BCUT2D eigenvalue weighted by atomic mass is 10.1. The van der Waals surface area contributed by atoms with E-state index in [1.807, 2.05) is 58.9 Å². The van der Waals surface area contributed by atoms with Crippen LogP contribution in [0.5, 0.6) is 5.88 Å². The molecule has 1 aliphatic heterocycles. The van der Waals surface area contributed by atoms with E-state index in [4.69, 9.17) is 14.2 Å². The lowest BCUT2D eigenvalue weighted by Crippen LogP contribution is -2.55. The van der Waals surface area contributed by atoms with Gasteiger partial charge in [0.1, 0.15) is 18.0 Å². The molecule has 1 aliphatic rings. The summed E-state index contributed by atoms with van der Waals surface area (Å²) in [6.07, 6.45) is -0.284. The number of anilines is 1. The van der Waals surface area contributed by atoms with Gasteiger partial charge in [0.2, 0.25) is 5.88 Å². The van der Waals surface area contributed by atoms with E-state index in [0.717, 1.165) is 16.9 Å². The predicted molar refractivity (Wildman–Crippen MR) is 126 cm³/mol. The maximum absolute atomic E-state index is 12.5. The van der Waals surface area contributed by atoms with Gasteiger partial charge in [0.05, 0.1) is 12.7 Å². The number of nitrogens with zero attached hydrogens (tertiary/aromatic N) is 3. The van der Waals surface area contributed by atoms with Gasteiger partial charge < -0.3 is 24.0 Å². The molecule has 1 atom stereocenters. The highest BCUT2D eigenvalue weighted by Crippen LogP contribution is 2.22. The topological polar surface area (TPSA) is 81.2 Å². The molecule has 2 aromatic rings. The molecule has 1 aromatic heterocycles. The molecule has 1 fully saturated rings. The number of aromatic nitrogens is 1. The van der Waals surface area contributed by atoms with E-state index in [1.54, 1.807) is 17.0 Å². The number of carbonyl (C=O) groups excluding carboxylic acids is 2. The smallest absolute Gasteiger partial charge is 0.410 e. The van der Waals surface area contributed by atoms with Crippen molar-refractivity contribution in [1.29, 1.82) is 0 Å². The molecule has 0 saturated carbocycles. The molecular weight excluding hydrogens is 422 g/mol. The lowest BCUT2D eigenvalue weighted by Gasteiger charge is -2.40. The zero-order valence-electron chi connectivity index (χ0n) is 20.3. The molecule has 1 aromatic carbocycles. The number of hydrogen-bond donors (Lipinski definition) is 0. The number of ether oxygens (including phenoxy) is 3. The van der Waals surface area contributed by atoms with Gasteiger partial charge in [0.25, 0.3) is 0 Å². The highest BCUT2D eigenvalue weighted by Gasteiger charge is 2.31. The minimum atomic E-state index is -0.515. The average Bonchev–Trinajstić information content (AvgIpc) is 2.76. The van der Waals surface area contributed by atoms with Crippen LogP contribution in [0.25, 0.3) is 0 Å². The molecule has 2 heterocycles. The van der Waals surface area contributed by atoms with Gasteiger partial charge in [0, 0.05) is 31.7 Å². The second-order valence-corrected chi connectivity index (χ2v) is 9.22. The predicted octanol–water partition coefficient (Wildman–Crippen LogP) is 4.20. The number of carbonyl (C=O) groups is 2. The Morgan fingerprint density at radius 3 is 2.55 bits per heavy atom. The van der Waals surface area contributed by atoms with Gasteiger partial charge in [-0.05, 0) is 63.9 Å². The second-order valence-electron chi connectivity index (χ2n) is 9.22. The number of piperazine rings is 1. The molecule has 0 aliphatic carbocycles. The van der Waals surface area contributed by atoms with Crippen LogP contribution in [0.15, 0.2) is 36.4 Å². The van der Waals surface area contributed by atoms with Crippen LogP contribution in [0.3, 0.4) is 0 Å². The van der Waals surface area contributed by atoms with Crippen LogP contribution in [-0.4, -0.2) is 60.3 Å². The van der Waals surface area contributed by atoms with Crippen molar-refractivity contribution in [3.05, 3.63) is 53.1 Å². The summed E-state index contributed by atoms with van der Waals surface area (Å²) in [6, 6.07) is 11.1. The summed E-state index contributed by atoms with van der Waals surface area (Å²) in [6.45, 7) is 11.8. The molecule has 0 unspecified atom stereocenters. The van der Waals surface area contributed by atoms with Crippen molar-refractivity contribution in [2.45, 2.75) is 52.9 Å². The Labute approximate surface area is 195 Å². The largest absolute Gasteiger partial charge is 0.473 e. The molecule has 33 heavy (non-hydrogen) atoms. The highest BCUT2D eigenvalue weighted by molar-refractivity contribution is 5.89. The minimum Gasteiger partial charge on any atom is -0.473 e. The number of aryl methyl sites for hydroxylation is 1. The van der Waals surface area contributed by atoms with Gasteiger partial charge in [-0.1, -0.05) is 12.1 Å². The first kappa shape index (κ1) is 24.4. The normalized spacial score (nSPS) is 16.4. The Morgan fingerprint density at radius 1 is 1.15 bits per heavy atom. The van der Waals surface area contributed by atoms with E-state index in [0.29, 0.717) is 37.7 Å². The monoisotopic (exact) mass is 455 g/mol. The second kappa shape index (κ2) is 10.1. The molecule has 178 valence electrons. The fraction of sp³-hybridized carbons (Fsp3) is 0.480. The number of hydrogen-bond acceptors (Lipinski definition) is 7. The van der Waals surface area contributed by atoms with Gasteiger partial charge in [-0.3, -0.25) is 0 Å². The third-order valence-electron chi connectivity index (χ3n) is 5.43. The van der Waals surface area contributed by atoms with Crippen molar-refractivity contribution >= 4 is 17.9 Å². The zero-order chi connectivity index (χ0) is 24.2. The van der Waals surface area contributed by atoms with Crippen LogP contribution in [0, 0.1) is 6.92 Å². The quantitative estimate of drug-likeness (QED) is 0.625. The summed E-state index contributed by atoms with van der Waals surface area (Å²) in [5.41, 5.74) is 1.91. The molecule has 1 amide bonds. The van der Waals surface area contributed by atoms with E-state index in [9.17, 15) is 9.59 Å². The molecular formula is C25H33N3O5. The van der Waals surface area contributed by atoms with Gasteiger partial charge in [0.15, 0.2) is 0 Å². The first-order valence-corrected chi connectivity index (χ1v) is 11.1. The zero-order valence-corrected chi connectivity index (χ0v) is 20.3. The van der Waals surface area contributed by atoms with Crippen LogP contribution >= 0.6 is 0 Å². The van der Waals surface area contributed by atoms with E-state index in [1.165, 1.54) is 7.11 Å². The molecule has 0 radical (unpaired) electrons. The number of methoxy groups -OCH3 is 1. The van der Waals surface area contributed by atoms with Gasteiger partial charge in [-0.25, -0.2) is 9.59 Å². The molecule has 8 nitrogen and oxygen atoms in total. The van der Waals surface area contributed by atoms with Crippen molar-refractivity contribution in [1.82, 2.24) is 9.88 Å². The summed E-state index contributed by atoms with van der Waals surface area (Å²) in [4.78, 5) is 32.7. The number of benzene rings is 1. The number of rotatable bonds is 5. The van der Waals surface area contributed by atoms with E-state index >= 15 is 0 Å². The molecule has 1 saturated heterocycles. The van der Waals surface area contributed by atoms with Crippen LogP contribution in [-0.2, 0) is 16.1 Å². The van der Waals surface area contributed by atoms with Crippen molar-refractivity contribution < 1.29 is 23.8 Å². The highest BCUT2D eigenvalue weighted by atomic mass is 16.6. The number of amides is 1. The summed E-state index contributed by atoms with van der Waals surface area (Å²) in [7, 11) is 1.37. The third-order valence-corrected chi connectivity index (χ3v) is 5.43. The first-order valence-electron chi connectivity index (χ1n) is 11.1. The summed E-state index contributed by atoms with van der Waals surface area (Å²) < 4.78 is 16.2. The minimum absolute atomic E-state index is 0.00375. The van der Waals surface area contributed by atoms with Gasteiger partial charge >= 0.3 is 12.1 Å².